The lowest BCUT2D eigenvalue weighted by Crippen LogP contribution is -2.47. The zero-order valence-electron chi connectivity index (χ0n) is 25.1. The van der Waals surface area contributed by atoms with Gasteiger partial charge in [0.1, 0.15) is 28.5 Å². The number of carbonyl (C=O) groups is 1. The number of sulfonamides is 1. The van der Waals surface area contributed by atoms with E-state index in [-0.39, 0.29) is 23.0 Å². The Balaban J connectivity index is 1.45. The highest BCUT2D eigenvalue weighted by atomic mass is 32.2. The summed E-state index contributed by atoms with van der Waals surface area (Å²) in [5.41, 5.74) is 2.47. The van der Waals surface area contributed by atoms with Gasteiger partial charge in [-0.25, -0.2) is 32.2 Å². The molecule has 1 fully saturated rings. The van der Waals surface area contributed by atoms with Gasteiger partial charge in [0.25, 0.3) is 15.9 Å². The molecule has 13 heteroatoms. The van der Waals surface area contributed by atoms with Crippen LogP contribution in [0.25, 0.3) is 11.3 Å². The van der Waals surface area contributed by atoms with Gasteiger partial charge in [-0.2, -0.15) is 0 Å². The van der Waals surface area contributed by atoms with E-state index in [2.05, 4.69) is 36.4 Å². The van der Waals surface area contributed by atoms with Crippen LogP contribution in [0.3, 0.4) is 0 Å². The second-order valence-corrected chi connectivity index (χ2v) is 12.2. The Morgan fingerprint density at radius 2 is 1.71 bits per heavy atom. The first-order chi connectivity index (χ1) is 21.5. The van der Waals surface area contributed by atoms with Crippen LogP contribution < -0.4 is 9.46 Å². The molecule has 0 radical (unpaired) electrons. The lowest BCUT2D eigenvalue weighted by Gasteiger charge is -2.32. The molecule has 0 aliphatic carbocycles. The van der Waals surface area contributed by atoms with Crippen LogP contribution in [0, 0.1) is 37.3 Å². The summed E-state index contributed by atoms with van der Waals surface area (Å²) in [4.78, 5) is 28.9. The Labute approximate surface area is 260 Å². The molecule has 1 aliphatic rings. The molecule has 0 atom stereocenters. The van der Waals surface area contributed by atoms with Gasteiger partial charge in [-0.3, -0.25) is 9.52 Å². The maximum atomic E-state index is 15.3. The van der Waals surface area contributed by atoms with Gasteiger partial charge in [-0.15, -0.1) is 0 Å². The number of likely N-dealkylation sites (N-methyl/N-ethyl adjacent to an activating group) is 1. The van der Waals surface area contributed by atoms with Gasteiger partial charge in [0.15, 0.2) is 0 Å². The molecule has 2 aromatic heterocycles. The highest BCUT2D eigenvalue weighted by Crippen LogP contribution is 2.28. The molecule has 10 nitrogen and oxygen atoms in total. The third-order valence-electron chi connectivity index (χ3n) is 7.30. The van der Waals surface area contributed by atoms with Gasteiger partial charge >= 0.3 is 0 Å². The van der Waals surface area contributed by atoms with Crippen LogP contribution in [-0.2, 0) is 10.0 Å². The van der Waals surface area contributed by atoms with E-state index in [1.165, 1.54) is 50.0 Å². The first kappa shape index (κ1) is 31.5. The highest BCUT2D eigenvalue weighted by molar-refractivity contribution is 7.92. The van der Waals surface area contributed by atoms with Crippen LogP contribution in [0.15, 0.2) is 59.9 Å². The molecule has 4 aromatic rings. The molecule has 2 aromatic carbocycles. The third kappa shape index (κ3) is 6.92. The quantitative estimate of drug-likeness (QED) is 0.317. The summed E-state index contributed by atoms with van der Waals surface area (Å²) in [6, 6.07) is 9.50. The van der Waals surface area contributed by atoms with E-state index in [0.717, 1.165) is 19.2 Å². The van der Waals surface area contributed by atoms with Crippen LogP contribution in [0.2, 0.25) is 0 Å². The molecule has 232 valence electrons. The third-order valence-corrected chi connectivity index (χ3v) is 8.70. The fourth-order valence-electron chi connectivity index (χ4n) is 4.77. The van der Waals surface area contributed by atoms with Crippen LogP contribution in [0.5, 0.6) is 5.88 Å². The fourth-order valence-corrected chi connectivity index (χ4v) is 5.88. The molecule has 1 N–H and O–H groups in total. The van der Waals surface area contributed by atoms with Crippen molar-refractivity contribution in [3.8, 4) is 29.0 Å². The van der Waals surface area contributed by atoms with Gasteiger partial charge in [0, 0.05) is 43.5 Å². The number of benzene rings is 2. The number of hydrogen-bond acceptors (Lipinski definition) is 8. The smallest absolute Gasteiger partial charge is 0.264 e. The van der Waals surface area contributed by atoms with E-state index in [0.29, 0.717) is 46.7 Å². The van der Waals surface area contributed by atoms with E-state index < -0.39 is 26.6 Å². The fraction of sp³-hybridized carbons (Fsp3) is 0.250. The number of piperazine rings is 1. The van der Waals surface area contributed by atoms with Crippen molar-refractivity contribution in [2.45, 2.75) is 18.7 Å². The number of pyridine rings is 1. The number of halogens is 2. The van der Waals surface area contributed by atoms with E-state index in [1.54, 1.807) is 24.8 Å². The number of hydrogen-bond donors (Lipinski definition) is 1. The van der Waals surface area contributed by atoms with Crippen molar-refractivity contribution in [2.75, 3.05) is 45.1 Å². The van der Waals surface area contributed by atoms with Crippen molar-refractivity contribution in [3.05, 3.63) is 94.6 Å². The molecule has 0 bridgehead atoms. The Kier molecular flexibility index (Phi) is 9.08. The Bertz CT molecular complexity index is 1950. The number of anilines is 1. The number of nitrogens with one attached hydrogen (secondary N) is 1. The summed E-state index contributed by atoms with van der Waals surface area (Å²) < 4.78 is 63.3. The molecule has 1 aliphatic heterocycles. The second kappa shape index (κ2) is 13.0. The summed E-state index contributed by atoms with van der Waals surface area (Å²) in [6.07, 6.45) is 2.72. The maximum absolute atomic E-state index is 15.3. The van der Waals surface area contributed by atoms with Crippen LogP contribution in [-0.4, -0.2) is 79.4 Å². The molecule has 1 saturated heterocycles. The van der Waals surface area contributed by atoms with E-state index in [1.807, 2.05) is 7.05 Å². The predicted molar refractivity (Wildman–Crippen MR) is 164 cm³/mol. The zero-order valence-corrected chi connectivity index (χ0v) is 25.9. The summed E-state index contributed by atoms with van der Waals surface area (Å²) in [5.74, 6) is 3.93. The van der Waals surface area contributed by atoms with Crippen molar-refractivity contribution in [1.29, 1.82) is 0 Å². The molecule has 5 rings (SSSR count). The number of carbonyl (C=O) groups excluding carboxylic acids is 1. The Morgan fingerprint density at radius 1 is 0.956 bits per heavy atom. The highest BCUT2D eigenvalue weighted by Gasteiger charge is 2.24. The number of amides is 1. The van der Waals surface area contributed by atoms with E-state index in [9.17, 15) is 17.6 Å². The molecule has 45 heavy (non-hydrogen) atoms. The summed E-state index contributed by atoms with van der Waals surface area (Å²) in [5, 5.41) is 0. The lowest BCUT2D eigenvalue weighted by molar-refractivity contribution is 0.0659. The minimum absolute atomic E-state index is 0.0217. The normalized spacial score (nSPS) is 13.6. The monoisotopic (exact) mass is 632 g/mol. The van der Waals surface area contributed by atoms with Gasteiger partial charge in [-0.1, -0.05) is 24.0 Å². The summed E-state index contributed by atoms with van der Waals surface area (Å²) in [6.45, 7) is 5.85. The summed E-state index contributed by atoms with van der Waals surface area (Å²) >= 11 is 0. The van der Waals surface area contributed by atoms with Gasteiger partial charge in [0.05, 0.1) is 29.6 Å². The van der Waals surface area contributed by atoms with Crippen molar-refractivity contribution in [3.63, 3.8) is 0 Å². The minimum Gasteiger partial charge on any atom is -0.479 e. The average Bonchev–Trinajstić information content (AvgIpc) is 3.00. The number of aryl methyl sites for hydroxylation is 2. The number of rotatable bonds is 6. The largest absolute Gasteiger partial charge is 0.479 e. The van der Waals surface area contributed by atoms with Gasteiger partial charge in [-0.05, 0) is 56.8 Å². The predicted octanol–water partition coefficient (Wildman–Crippen LogP) is 4.03. The molecular formula is C32H30F2N6O4S. The minimum atomic E-state index is -4.33. The SMILES string of the molecule is COc1ncc(C#Cc2c(C)ncnc2-c2ccc(C(=O)N3CCN(C)CC3)c(F)c2)cc1NS(=O)(=O)c1ccc(C)cc1F. The number of ether oxygens (including phenoxy) is 1. The standard InChI is InChI=1S/C32H30F2N6O4S/c1-20-5-10-29(27(34)15-20)45(42,43)38-28-16-22(18-35-31(28)44-4)6-8-24-21(2)36-19-37-30(24)23-7-9-25(26(33)17-23)32(41)40-13-11-39(3)12-14-40/h5,7,9-10,15-19,38H,11-14H2,1-4H3. The average molecular weight is 633 g/mol. The molecule has 1 amide bonds. The number of nitrogens with zero attached hydrogens (tertiary/aromatic N) is 5. The molecular weight excluding hydrogens is 602 g/mol. The van der Waals surface area contributed by atoms with E-state index in [4.69, 9.17) is 4.74 Å². The molecule has 3 heterocycles. The number of aromatic nitrogens is 3. The van der Waals surface area contributed by atoms with Gasteiger partial charge in [0.2, 0.25) is 5.88 Å². The first-order valence-electron chi connectivity index (χ1n) is 13.9. The van der Waals surface area contributed by atoms with Crippen molar-refractivity contribution >= 4 is 21.6 Å². The second-order valence-electron chi connectivity index (χ2n) is 10.5. The first-order valence-corrected chi connectivity index (χ1v) is 15.4. The summed E-state index contributed by atoms with van der Waals surface area (Å²) in [7, 11) is -1.04. The van der Waals surface area contributed by atoms with Crippen molar-refractivity contribution in [1.82, 2.24) is 24.8 Å². The van der Waals surface area contributed by atoms with Crippen LogP contribution in [0.1, 0.15) is 32.7 Å². The van der Waals surface area contributed by atoms with Gasteiger partial charge < -0.3 is 14.5 Å². The van der Waals surface area contributed by atoms with E-state index >= 15 is 4.39 Å². The van der Waals surface area contributed by atoms with Crippen molar-refractivity contribution in [2.24, 2.45) is 0 Å². The van der Waals surface area contributed by atoms with Crippen LogP contribution in [0.4, 0.5) is 14.5 Å². The van der Waals surface area contributed by atoms with Crippen LogP contribution >= 0.6 is 0 Å². The number of methoxy groups -OCH3 is 1. The lowest BCUT2D eigenvalue weighted by atomic mass is 10.0. The maximum Gasteiger partial charge on any atom is 0.264 e. The topological polar surface area (TPSA) is 118 Å². The van der Waals surface area contributed by atoms with Crippen molar-refractivity contribution < 1.29 is 26.7 Å². The zero-order chi connectivity index (χ0) is 32.3. The molecule has 0 unspecified atom stereocenters. The Hall–Kier alpha value is -4.93. The molecule has 0 saturated carbocycles. The molecule has 0 spiro atoms. The Morgan fingerprint density at radius 3 is 2.40 bits per heavy atom.